The lowest BCUT2D eigenvalue weighted by Gasteiger charge is -2.30. The molecule has 0 aliphatic heterocycles. The van der Waals surface area contributed by atoms with Crippen molar-refractivity contribution in [1.82, 2.24) is 5.32 Å². The van der Waals surface area contributed by atoms with Gasteiger partial charge in [-0.15, -0.1) is 0 Å². The quantitative estimate of drug-likeness (QED) is 0.873. The number of carbonyl (C=O) groups excluding carboxylic acids is 1. The summed E-state index contributed by atoms with van der Waals surface area (Å²) in [6, 6.07) is 2.92. The van der Waals surface area contributed by atoms with Crippen LogP contribution in [0.4, 0.5) is 8.78 Å². The number of rotatable bonds is 5. The molecule has 120 valence electrons. The molecule has 2 aliphatic rings. The molecule has 4 unspecified atom stereocenters. The van der Waals surface area contributed by atoms with Gasteiger partial charge in [0.15, 0.2) is 18.2 Å². The van der Waals surface area contributed by atoms with Gasteiger partial charge in [-0.05, 0) is 43.2 Å². The molecule has 1 aromatic carbocycles. The summed E-state index contributed by atoms with van der Waals surface area (Å²) in [7, 11) is 0. The Morgan fingerprint density at radius 3 is 2.82 bits per heavy atom. The largest absolute Gasteiger partial charge is 0.481 e. The predicted molar refractivity (Wildman–Crippen MR) is 75.2 cm³/mol. The zero-order valence-electron chi connectivity index (χ0n) is 12.1. The minimum atomic E-state index is -0.832. The van der Waals surface area contributed by atoms with E-state index in [4.69, 9.17) is 4.74 Å². The van der Waals surface area contributed by atoms with Crippen molar-refractivity contribution >= 4 is 5.91 Å². The second kappa shape index (κ2) is 6.20. The van der Waals surface area contributed by atoms with Gasteiger partial charge in [0.25, 0.3) is 5.91 Å². The summed E-state index contributed by atoms with van der Waals surface area (Å²) < 4.78 is 31.3. The van der Waals surface area contributed by atoms with E-state index in [9.17, 15) is 18.7 Å². The molecular formula is C16H19F2NO3. The van der Waals surface area contributed by atoms with Gasteiger partial charge >= 0.3 is 0 Å². The Balaban J connectivity index is 1.54. The number of nitrogens with one attached hydrogen (secondary N) is 1. The molecule has 2 fully saturated rings. The standard InChI is InChI=1S/C16H19F2NO3/c17-11-3-4-14(13(18)6-11)22-8-15(21)19-16-10-2-1-9(5-10)12(16)7-20/h3-4,6,9-10,12,16,20H,1-2,5,7-8H2,(H,19,21). The first kappa shape index (κ1) is 15.2. The summed E-state index contributed by atoms with van der Waals surface area (Å²) in [4.78, 5) is 12.0. The number of ether oxygens (including phenoxy) is 1. The minimum Gasteiger partial charge on any atom is -0.481 e. The van der Waals surface area contributed by atoms with Crippen molar-refractivity contribution in [3.8, 4) is 5.75 Å². The highest BCUT2D eigenvalue weighted by Crippen LogP contribution is 2.48. The molecular weight excluding hydrogens is 292 g/mol. The van der Waals surface area contributed by atoms with Gasteiger partial charge in [0.05, 0.1) is 0 Å². The van der Waals surface area contributed by atoms with Crippen LogP contribution in [0.5, 0.6) is 5.75 Å². The molecule has 1 aromatic rings. The van der Waals surface area contributed by atoms with Crippen molar-refractivity contribution in [2.45, 2.75) is 25.3 Å². The SMILES string of the molecule is O=C(COc1ccc(F)cc1F)NC1C2CCC(C2)C1CO. The fraction of sp³-hybridized carbons (Fsp3) is 0.562. The Labute approximate surface area is 127 Å². The van der Waals surface area contributed by atoms with E-state index < -0.39 is 11.6 Å². The molecule has 2 aliphatic carbocycles. The third-order valence-electron chi connectivity index (χ3n) is 4.88. The highest BCUT2D eigenvalue weighted by atomic mass is 19.1. The van der Waals surface area contributed by atoms with E-state index in [1.807, 2.05) is 0 Å². The van der Waals surface area contributed by atoms with Crippen LogP contribution >= 0.6 is 0 Å². The van der Waals surface area contributed by atoms with Gasteiger partial charge in [-0.1, -0.05) is 0 Å². The molecule has 22 heavy (non-hydrogen) atoms. The molecule has 4 nitrogen and oxygen atoms in total. The fourth-order valence-electron chi connectivity index (χ4n) is 3.86. The van der Waals surface area contributed by atoms with Crippen LogP contribution in [-0.2, 0) is 4.79 Å². The molecule has 0 spiro atoms. The van der Waals surface area contributed by atoms with Crippen molar-refractivity contribution < 1.29 is 23.4 Å². The summed E-state index contributed by atoms with van der Waals surface area (Å²) in [5.74, 6) is -1.03. The van der Waals surface area contributed by atoms with E-state index in [0.29, 0.717) is 17.9 Å². The van der Waals surface area contributed by atoms with E-state index in [-0.39, 0.29) is 36.8 Å². The van der Waals surface area contributed by atoms with Crippen LogP contribution in [0.1, 0.15) is 19.3 Å². The van der Waals surface area contributed by atoms with E-state index in [0.717, 1.165) is 31.4 Å². The van der Waals surface area contributed by atoms with Crippen molar-refractivity contribution in [3.63, 3.8) is 0 Å². The van der Waals surface area contributed by atoms with Gasteiger partial charge < -0.3 is 15.2 Å². The molecule has 3 rings (SSSR count). The number of fused-ring (bicyclic) bond motifs is 2. The average Bonchev–Trinajstić information content (AvgIpc) is 3.07. The monoisotopic (exact) mass is 311 g/mol. The third-order valence-corrected chi connectivity index (χ3v) is 4.88. The van der Waals surface area contributed by atoms with Crippen LogP contribution in [0.25, 0.3) is 0 Å². The highest BCUT2D eigenvalue weighted by molar-refractivity contribution is 5.78. The second-order valence-corrected chi connectivity index (χ2v) is 6.14. The lowest BCUT2D eigenvalue weighted by atomic mass is 9.85. The van der Waals surface area contributed by atoms with Gasteiger partial charge in [0.2, 0.25) is 0 Å². The summed E-state index contributed by atoms with van der Waals surface area (Å²) in [5.41, 5.74) is 0. The van der Waals surface area contributed by atoms with Crippen LogP contribution in [0.15, 0.2) is 18.2 Å². The summed E-state index contributed by atoms with van der Waals surface area (Å²) in [6.07, 6.45) is 3.22. The van der Waals surface area contributed by atoms with E-state index >= 15 is 0 Å². The Morgan fingerprint density at radius 1 is 1.32 bits per heavy atom. The maximum absolute atomic E-state index is 13.4. The minimum absolute atomic E-state index is 0.0297. The third kappa shape index (κ3) is 2.92. The van der Waals surface area contributed by atoms with E-state index in [1.54, 1.807) is 0 Å². The van der Waals surface area contributed by atoms with Gasteiger partial charge in [-0.2, -0.15) is 0 Å². The lowest BCUT2D eigenvalue weighted by Crippen LogP contribution is -2.46. The topological polar surface area (TPSA) is 58.6 Å². The van der Waals surface area contributed by atoms with Crippen LogP contribution in [0, 0.1) is 29.4 Å². The molecule has 6 heteroatoms. The predicted octanol–water partition coefficient (Wildman–Crippen LogP) is 1.87. The Morgan fingerprint density at radius 2 is 2.09 bits per heavy atom. The van der Waals surface area contributed by atoms with Gasteiger partial charge in [-0.25, -0.2) is 8.78 Å². The lowest BCUT2D eigenvalue weighted by molar-refractivity contribution is -0.124. The molecule has 2 N–H and O–H groups in total. The summed E-state index contributed by atoms with van der Waals surface area (Å²) in [5, 5.41) is 12.4. The molecule has 4 atom stereocenters. The Kier molecular flexibility index (Phi) is 4.29. The van der Waals surface area contributed by atoms with Crippen LogP contribution < -0.4 is 10.1 Å². The number of benzene rings is 1. The zero-order valence-corrected chi connectivity index (χ0v) is 12.1. The molecule has 0 aromatic heterocycles. The molecule has 0 saturated heterocycles. The molecule has 2 saturated carbocycles. The maximum atomic E-state index is 13.4. The molecule has 0 heterocycles. The first-order chi connectivity index (χ1) is 10.6. The number of hydrogen-bond donors (Lipinski definition) is 2. The molecule has 2 bridgehead atoms. The number of amides is 1. The van der Waals surface area contributed by atoms with E-state index in [1.165, 1.54) is 0 Å². The smallest absolute Gasteiger partial charge is 0.258 e. The number of carbonyl (C=O) groups is 1. The second-order valence-electron chi connectivity index (χ2n) is 6.14. The van der Waals surface area contributed by atoms with Crippen molar-refractivity contribution in [1.29, 1.82) is 0 Å². The number of halogens is 2. The first-order valence-electron chi connectivity index (χ1n) is 7.56. The summed E-state index contributed by atoms with van der Waals surface area (Å²) in [6.45, 7) is -0.256. The molecule has 0 radical (unpaired) electrons. The van der Waals surface area contributed by atoms with E-state index in [2.05, 4.69) is 5.32 Å². The number of aliphatic hydroxyl groups excluding tert-OH is 1. The summed E-state index contributed by atoms with van der Waals surface area (Å²) >= 11 is 0. The maximum Gasteiger partial charge on any atom is 0.258 e. The Bertz CT molecular complexity index is 566. The van der Waals surface area contributed by atoms with Crippen LogP contribution in [0.2, 0.25) is 0 Å². The number of hydrogen-bond acceptors (Lipinski definition) is 3. The number of aliphatic hydroxyl groups is 1. The van der Waals surface area contributed by atoms with Gasteiger partial charge in [0.1, 0.15) is 5.82 Å². The van der Waals surface area contributed by atoms with Crippen molar-refractivity contribution in [2.24, 2.45) is 17.8 Å². The van der Waals surface area contributed by atoms with Crippen molar-refractivity contribution in [2.75, 3.05) is 13.2 Å². The van der Waals surface area contributed by atoms with Gasteiger partial charge in [0, 0.05) is 24.6 Å². The Hall–Kier alpha value is -1.69. The first-order valence-corrected chi connectivity index (χ1v) is 7.56. The van der Waals surface area contributed by atoms with Crippen molar-refractivity contribution in [3.05, 3.63) is 29.8 Å². The highest BCUT2D eigenvalue weighted by Gasteiger charge is 2.47. The normalized spacial score (nSPS) is 29.6. The van der Waals surface area contributed by atoms with Gasteiger partial charge in [-0.3, -0.25) is 4.79 Å². The van der Waals surface area contributed by atoms with Crippen LogP contribution in [-0.4, -0.2) is 30.3 Å². The fourth-order valence-corrected chi connectivity index (χ4v) is 3.86. The zero-order chi connectivity index (χ0) is 15.7. The average molecular weight is 311 g/mol. The van der Waals surface area contributed by atoms with Crippen LogP contribution in [0.3, 0.4) is 0 Å². The molecule has 1 amide bonds.